The lowest BCUT2D eigenvalue weighted by atomic mass is 9.80. The van der Waals surface area contributed by atoms with E-state index in [1.165, 1.54) is 17.7 Å². The van der Waals surface area contributed by atoms with Crippen LogP contribution in [0.15, 0.2) is 42.0 Å². The molecule has 4 aliphatic rings. The molecule has 7 heteroatoms. The van der Waals surface area contributed by atoms with E-state index < -0.39 is 5.54 Å². The minimum absolute atomic E-state index is 0.0720. The standard InChI is InChI=1S/C28H34N4O3/c1-28-18-22-21-17-20(35-2)11-12-23(21)29-24(22)25(19-9-4-3-5-10-19)32(28)27(34)31(26(28)33)16-8-15-30-13-6-7-14-30/h4,9-12,17,25,29H,3,5-8,13-16,18H2,1-2H3/t25-,28+/m1/s1. The van der Waals surface area contributed by atoms with Crippen LogP contribution in [0, 0.1) is 0 Å². The summed E-state index contributed by atoms with van der Waals surface area (Å²) in [6.07, 6.45) is 12.3. The van der Waals surface area contributed by atoms with Crippen molar-refractivity contribution in [3.05, 3.63) is 53.3 Å². The monoisotopic (exact) mass is 474 g/mol. The molecule has 1 aromatic carbocycles. The van der Waals surface area contributed by atoms with Crippen LogP contribution in [-0.2, 0) is 11.2 Å². The van der Waals surface area contributed by atoms with Crippen molar-refractivity contribution in [1.29, 1.82) is 0 Å². The maximum absolute atomic E-state index is 13.9. The van der Waals surface area contributed by atoms with Crippen molar-refractivity contribution in [3.8, 4) is 5.75 Å². The van der Waals surface area contributed by atoms with Gasteiger partial charge in [-0.3, -0.25) is 14.6 Å². The van der Waals surface area contributed by atoms with Crippen molar-refractivity contribution in [2.45, 2.75) is 57.0 Å². The van der Waals surface area contributed by atoms with Crippen molar-refractivity contribution in [2.75, 3.05) is 33.3 Å². The number of benzene rings is 1. The lowest BCUT2D eigenvalue weighted by Crippen LogP contribution is -2.53. The van der Waals surface area contributed by atoms with Gasteiger partial charge in [0, 0.05) is 29.6 Å². The highest BCUT2D eigenvalue weighted by Crippen LogP contribution is 2.49. The maximum Gasteiger partial charge on any atom is 0.328 e. The average Bonchev–Trinajstić information content (AvgIpc) is 3.56. The molecule has 2 aromatic rings. The number of imide groups is 1. The normalized spacial score (nSPS) is 26.5. The predicted octanol–water partition coefficient (Wildman–Crippen LogP) is 4.56. The molecule has 6 rings (SSSR count). The lowest BCUT2D eigenvalue weighted by Gasteiger charge is -2.43. The number of carbonyl (C=O) groups is 2. The summed E-state index contributed by atoms with van der Waals surface area (Å²) in [4.78, 5) is 37.2. The molecular formula is C28H34N4O3. The Morgan fingerprint density at radius 1 is 1.14 bits per heavy atom. The van der Waals surface area contributed by atoms with Gasteiger partial charge in [0.1, 0.15) is 11.3 Å². The van der Waals surface area contributed by atoms with Crippen molar-refractivity contribution in [1.82, 2.24) is 19.7 Å². The first kappa shape index (κ1) is 22.4. The van der Waals surface area contributed by atoms with Crippen LogP contribution in [0.3, 0.4) is 0 Å². The van der Waals surface area contributed by atoms with Gasteiger partial charge >= 0.3 is 6.03 Å². The molecule has 2 saturated heterocycles. The summed E-state index contributed by atoms with van der Waals surface area (Å²) >= 11 is 0. The number of H-pyrrole nitrogens is 1. The number of ether oxygens (including phenoxy) is 1. The number of allylic oxidation sites excluding steroid dienone is 2. The second kappa shape index (κ2) is 8.55. The molecule has 1 aromatic heterocycles. The largest absolute Gasteiger partial charge is 0.497 e. The van der Waals surface area contributed by atoms with Gasteiger partial charge in [0.25, 0.3) is 5.91 Å². The second-order valence-electron chi connectivity index (χ2n) is 10.5. The van der Waals surface area contributed by atoms with Gasteiger partial charge in [-0.05, 0) is 88.0 Å². The Morgan fingerprint density at radius 3 is 2.71 bits per heavy atom. The Kier molecular flexibility index (Phi) is 5.48. The zero-order valence-corrected chi connectivity index (χ0v) is 20.7. The van der Waals surface area contributed by atoms with Crippen LogP contribution < -0.4 is 4.74 Å². The fraction of sp³-hybridized carbons (Fsp3) is 0.500. The van der Waals surface area contributed by atoms with Gasteiger partial charge in [0.15, 0.2) is 0 Å². The van der Waals surface area contributed by atoms with E-state index >= 15 is 0 Å². The van der Waals surface area contributed by atoms with E-state index in [0.717, 1.165) is 72.4 Å². The van der Waals surface area contributed by atoms with E-state index in [1.54, 1.807) is 7.11 Å². The van der Waals surface area contributed by atoms with E-state index in [2.05, 4.69) is 28.1 Å². The van der Waals surface area contributed by atoms with E-state index in [4.69, 9.17) is 4.74 Å². The zero-order chi connectivity index (χ0) is 24.2. The van der Waals surface area contributed by atoms with Crippen molar-refractivity contribution < 1.29 is 14.3 Å². The van der Waals surface area contributed by atoms with Crippen LogP contribution in [0.2, 0.25) is 0 Å². The van der Waals surface area contributed by atoms with Gasteiger partial charge in [-0.15, -0.1) is 0 Å². The second-order valence-corrected chi connectivity index (χ2v) is 10.5. The zero-order valence-electron chi connectivity index (χ0n) is 20.7. The third-order valence-electron chi connectivity index (χ3n) is 8.27. The number of urea groups is 1. The number of likely N-dealkylation sites (tertiary alicyclic amines) is 1. The number of rotatable bonds is 6. The Morgan fingerprint density at radius 2 is 1.97 bits per heavy atom. The number of hydrogen-bond acceptors (Lipinski definition) is 4. The summed E-state index contributed by atoms with van der Waals surface area (Å²) in [6, 6.07) is 5.54. The fourth-order valence-corrected chi connectivity index (χ4v) is 6.46. The first-order chi connectivity index (χ1) is 17.0. The minimum atomic E-state index is -0.910. The number of fused-ring (bicyclic) bond motifs is 4. The summed E-state index contributed by atoms with van der Waals surface area (Å²) < 4.78 is 5.50. The third kappa shape index (κ3) is 3.51. The van der Waals surface area contributed by atoms with Crippen LogP contribution in [0.1, 0.15) is 56.3 Å². The summed E-state index contributed by atoms with van der Waals surface area (Å²) in [7, 11) is 1.67. The Labute approximate surface area is 206 Å². The highest BCUT2D eigenvalue weighted by molar-refractivity contribution is 6.08. The first-order valence-corrected chi connectivity index (χ1v) is 12.9. The number of amides is 3. The van der Waals surface area contributed by atoms with Crippen molar-refractivity contribution in [2.24, 2.45) is 0 Å². The summed E-state index contributed by atoms with van der Waals surface area (Å²) in [5, 5.41) is 1.07. The number of nitrogens with one attached hydrogen (secondary N) is 1. The summed E-state index contributed by atoms with van der Waals surface area (Å²) in [6.45, 7) is 5.62. The van der Waals surface area contributed by atoms with Crippen LogP contribution in [0.25, 0.3) is 10.9 Å². The number of aromatic nitrogens is 1. The maximum atomic E-state index is 13.9. The highest BCUT2D eigenvalue weighted by atomic mass is 16.5. The molecule has 7 nitrogen and oxygen atoms in total. The molecule has 0 bridgehead atoms. The molecule has 0 saturated carbocycles. The molecule has 1 N–H and O–H groups in total. The highest BCUT2D eigenvalue weighted by Gasteiger charge is 2.60. The van der Waals surface area contributed by atoms with Gasteiger partial charge in [-0.25, -0.2) is 4.79 Å². The molecule has 184 valence electrons. The average molecular weight is 475 g/mol. The van der Waals surface area contributed by atoms with E-state index in [1.807, 2.05) is 30.0 Å². The molecule has 35 heavy (non-hydrogen) atoms. The number of hydrogen-bond donors (Lipinski definition) is 1. The van der Waals surface area contributed by atoms with Crippen LogP contribution in [-0.4, -0.2) is 70.4 Å². The van der Waals surface area contributed by atoms with Crippen LogP contribution in [0.4, 0.5) is 4.79 Å². The van der Waals surface area contributed by atoms with Crippen molar-refractivity contribution in [3.63, 3.8) is 0 Å². The van der Waals surface area contributed by atoms with Gasteiger partial charge < -0.3 is 14.6 Å². The van der Waals surface area contributed by atoms with Gasteiger partial charge in [-0.1, -0.05) is 18.2 Å². The molecule has 0 spiro atoms. The van der Waals surface area contributed by atoms with Gasteiger partial charge in [-0.2, -0.15) is 0 Å². The first-order valence-electron chi connectivity index (χ1n) is 12.9. The predicted molar refractivity (Wildman–Crippen MR) is 135 cm³/mol. The van der Waals surface area contributed by atoms with Gasteiger partial charge in [0.2, 0.25) is 0 Å². The molecule has 4 heterocycles. The van der Waals surface area contributed by atoms with E-state index in [-0.39, 0.29) is 18.0 Å². The van der Waals surface area contributed by atoms with E-state index in [9.17, 15) is 9.59 Å². The Bertz CT molecular complexity index is 1240. The van der Waals surface area contributed by atoms with Crippen LogP contribution in [0.5, 0.6) is 5.75 Å². The summed E-state index contributed by atoms with van der Waals surface area (Å²) in [5.74, 6) is 0.717. The molecule has 0 unspecified atom stereocenters. The van der Waals surface area contributed by atoms with Gasteiger partial charge in [0.05, 0.1) is 13.2 Å². The topological polar surface area (TPSA) is 68.9 Å². The molecule has 3 amide bonds. The Hall–Kier alpha value is -3.06. The molecule has 2 fully saturated rings. The molecular weight excluding hydrogens is 440 g/mol. The smallest absolute Gasteiger partial charge is 0.328 e. The number of methoxy groups -OCH3 is 1. The number of nitrogens with zero attached hydrogens (tertiary/aromatic N) is 3. The summed E-state index contributed by atoms with van der Waals surface area (Å²) in [5.41, 5.74) is 3.31. The third-order valence-corrected chi connectivity index (χ3v) is 8.27. The lowest BCUT2D eigenvalue weighted by molar-refractivity contribution is -0.133. The fourth-order valence-electron chi connectivity index (χ4n) is 6.46. The molecule has 3 aliphatic heterocycles. The molecule has 2 atom stereocenters. The van der Waals surface area contributed by atoms with E-state index in [0.29, 0.717) is 13.0 Å². The van der Waals surface area contributed by atoms with Crippen LogP contribution >= 0.6 is 0 Å². The SMILES string of the molecule is COc1ccc2[nH]c3c(c2c1)C[C@@]1(C)C(=O)N(CCCN2CCCC2)C(=O)N1[C@@H]3C1=CCCC=C1. The minimum Gasteiger partial charge on any atom is -0.497 e. The molecule has 1 aliphatic carbocycles. The quantitative estimate of drug-likeness (QED) is 0.624. The number of carbonyl (C=O) groups excluding carboxylic acids is 2. The number of aromatic amines is 1. The molecule has 0 radical (unpaired) electrons. The Balaban J connectivity index is 1.39. The van der Waals surface area contributed by atoms with Crippen molar-refractivity contribution >= 4 is 22.8 Å².